The number of rotatable bonds is 10. The van der Waals surface area contributed by atoms with E-state index in [-0.39, 0.29) is 0 Å². The first kappa shape index (κ1) is 22.6. The lowest BCUT2D eigenvalue weighted by molar-refractivity contribution is 0.736. The fraction of sp³-hybridized carbons (Fsp3) is 0.417. The lowest BCUT2D eigenvalue weighted by Gasteiger charge is -2.20. The Morgan fingerprint density at radius 1 is 1.18 bits per heavy atom. The van der Waals surface area contributed by atoms with Gasteiger partial charge in [0.25, 0.3) is 0 Å². The highest BCUT2D eigenvalue weighted by Crippen LogP contribution is 2.32. The summed E-state index contributed by atoms with van der Waals surface area (Å²) >= 11 is 8.13. The number of hydrogen-bond donors (Lipinski definition) is 1. The molecule has 1 heterocycles. The second-order valence-corrected chi connectivity index (χ2v) is 8.66. The van der Waals surface area contributed by atoms with Crippen LogP contribution in [0.2, 0.25) is 5.02 Å². The predicted octanol–water partition coefficient (Wildman–Crippen LogP) is 7.97. The average molecular weight is 417 g/mol. The van der Waals surface area contributed by atoms with E-state index in [0.29, 0.717) is 0 Å². The van der Waals surface area contributed by atoms with Gasteiger partial charge in [0, 0.05) is 41.3 Å². The van der Waals surface area contributed by atoms with Gasteiger partial charge in [0.1, 0.15) is 0 Å². The molecule has 0 aliphatic carbocycles. The minimum atomic E-state index is 0.770. The zero-order valence-electron chi connectivity index (χ0n) is 17.8. The van der Waals surface area contributed by atoms with Gasteiger partial charge in [-0.25, -0.2) is 0 Å². The molecule has 1 aromatic carbocycles. The van der Waals surface area contributed by atoms with Crippen LogP contribution in [0.4, 0.5) is 10.7 Å². The molecule has 0 bridgehead atoms. The number of halogens is 1. The van der Waals surface area contributed by atoms with Crippen molar-refractivity contribution in [3.05, 3.63) is 57.4 Å². The standard InChI is InChI=1S/C24H33ClN2S/c1-6-8-16-27(7-2)24-15-13-20(28-24)10-9-11-21(18(3)4)22-17-19(25)12-14-23(22)26-5/h9-10,12-15,17,26H,6-8,11,16H2,1-5H3/b10-9+. The minimum absolute atomic E-state index is 0.770. The summed E-state index contributed by atoms with van der Waals surface area (Å²) in [5, 5.41) is 5.42. The largest absolute Gasteiger partial charge is 0.388 e. The molecule has 0 aliphatic rings. The molecule has 2 rings (SSSR count). The van der Waals surface area contributed by atoms with Crippen molar-refractivity contribution in [3.8, 4) is 0 Å². The van der Waals surface area contributed by atoms with Crippen molar-refractivity contribution in [1.82, 2.24) is 0 Å². The van der Waals surface area contributed by atoms with E-state index in [1.54, 1.807) is 0 Å². The highest BCUT2D eigenvalue weighted by Gasteiger charge is 2.09. The zero-order valence-corrected chi connectivity index (χ0v) is 19.4. The molecule has 0 amide bonds. The van der Waals surface area contributed by atoms with E-state index in [1.807, 2.05) is 30.5 Å². The number of nitrogens with one attached hydrogen (secondary N) is 1. The third-order valence-corrected chi connectivity index (χ3v) is 6.22. The summed E-state index contributed by atoms with van der Waals surface area (Å²) in [5.74, 6) is 0. The Bertz CT molecular complexity index is 816. The summed E-state index contributed by atoms with van der Waals surface area (Å²) in [6.45, 7) is 11.0. The molecule has 1 aromatic heterocycles. The van der Waals surface area contributed by atoms with Gasteiger partial charge in [-0.2, -0.15) is 0 Å². The van der Waals surface area contributed by atoms with Gasteiger partial charge < -0.3 is 10.2 Å². The molecule has 0 fully saturated rings. The van der Waals surface area contributed by atoms with Crippen LogP contribution in [0.3, 0.4) is 0 Å². The number of anilines is 2. The second-order valence-electron chi connectivity index (χ2n) is 7.13. The fourth-order valence-electron chi connectivity index (χ4n) is 3.24. The highest BCUT2D eigenvalue weighted by molar-refractivity contribution is 7.16. The van der Waals surface area contributed by atoms with E-state index in [9.17, 15) is 0 Å². The van der Waals surface area contributed by atoms with Crippen LogP contribution in [0.1, 0.15) is 57.4 Å². The molecule has 0 aliphatic heterocycles. The fourth-order valence-corrected chi connectivity index (χ4v) is 4.43. The summed E-state index contributed by atoms with van der Waals surface area (Å²) in [6, 6.07) is 10.5. The van der Waals surface area contributed by atoms with Crippen molar-refractivity contribution in [2.24, 2.45) is 0 Å². The van der Waals surface area contributed by atoms with E-state index in [1.165, 1.54) is 39.4 Å². The molecule has 2 aromatic rings. The summed E-state index contributed by atoms with van der Waals surface area (Å²) in [6.07, 6.45) is 7.87. The first-order chi connectivity index (χ1) is 13.5. The summed E-state index contributed by atoms with van der Waals surface area (Å²) in [5.41, 5.74) is 4.93. The Kier molecular flexibility index (Phi) is 9.14. The highest BCUT2D eigenvalue weighted by atomic mass is 35.5. The van der Waals surface area contributed by atoms with Gasteiger partial charge in [0.15, 0.2) is 0 Å². The number of benzene rings is 1. The summed E-state index contributed by atoms with van der Waals surface area (Å²) < 4.78 is 0. The van der Waals surface area contributed by atoms with E-state index >= 15 is 0 Å². The molecule has 0 atom stereocenters. The molecule has 152 valence electrons. The van der Waals surface area contributed by atoms with Crippen LogP contribution < -0.4 is 10.2 Å². The van der Waals surface area contributed by atoms with E-state index < -0.39 is 0 Å². The van der Waals surface area contributed by atoms with Crippen LogP contribution in [0, 0.1) is 0 Å². The number of unbranched alkanes of at least 4 members (excludes halogenated alkanes) is 1. The normalized spacial score (nSPS) is 11.1. The van der Waals surface area contributed by atoms with Gasteiger partial charge in [-0.3, -0.25) is 0 Å². The van der Waals surface area contributed by atoms with Crippen LogP contribution in [-0.2, 0) is 0 Å². The Morgan fingerprint density at radius 2 is 1.96 bits per heavy atom. The van der Waals surface area contributed by atoms with Gasteiger partial charge in [-0.1, -0.05) is 36.6 Å². The van der Waals surface area contributed by atoms with Crippen molar-refractivity contribution in [2.75, 3.05) is 30.4 Å². The van der Waals surface area contributed by atoms with Gasteiger partial charge in [0.2, 0.25) is 0 Å². The smallest absolute Gasteiger partial charge is 0.0914 e. The lowest BCUT2D eigenvalue weighted by Crippen LogP contribution is -2.22. The van der Waals surface area contributed by atoms with Crippen molar-refractivity contribution in [2.45, 2.75) is 47.0 Å². The zero-order chi connectivity index (χ0) is 20.5. The molecule has 4 heteroatoms. The van der Waals surface area contributed by atoms with Crippen molar-refractivity contribution >= 4 is 45.3 Å². The molecule has 28 heavy (non-hydrogen) atoms. The van der Waals surface area contributed by atoms with Crippen LogP contribution in [0.15, 0.2) is 42.0 Å². The summed E-state index contributed by atoms with van der Waals surface area (Å²) in [4.78, 5) is 3.77. The van der Waals surface area contributed by atoms with Crippen molar-refractivity contribution < 1.29 is 0 Å². The molecule has 0 unspecified atom stereocenters. The van der Waals surface area contributed by atoms with E-state index in [0.717, 1.165) is 30.2 Å². The number of allylic oxidation sites excluding steroid dienone is 3. The number of nitrogens with zero attached hydrogens (tertiary/aromatic N) is 1. The molecule has 0 saturated carbocycles. The maximum atomic E-state index is 6.26. The number of hydrogen-bond acceptors (Lipinski definition) is 3. The maximum absolute atomic E-state index is 6.26. The van der Waals surface area contributed by atoms with Crippen molar-refractivity contribution in [1.29, 1.82) is 0 Å². The average Bonchev–Trinajstić information content (AvgIpc) is 3.14. The van der Waals surface area contributed by atoms with Gasteiger partial charge in [-0.05, 0) is 75.6 Å². The monoisotopic (exact) mass is 416 g/mol. The molecule has 0 saturated heterocycles. The van der Waals surface area contributed by atoms with Crippen LogP contribution in [0.25, 0.3) is 11.6 Å². The topological polar surface area (TPSA) is 15.3 Å². The number of thiophene rings is 1. The SMILES string of the molecule is CCCCN(CC)c1ccc(/C=C/CC(=C(C)C)c2cc(Cl)ccc2NC)s1. The molecular formula is C24H33ClN2S. The molecule has 2 nitrogen and oxygen atoms in total. The third-order valence-electron chi connectivity index (χ3n) is 4.87. The van der Waals surface area contributed by atoms with Crippen molar-refractivity contribution in [3.63, 3.8) is 0 Å². The Morgan fingerprint density at radius 3 is 2.61 bits per heavy atom. The third kappa shape index (κ3) is 6.15. The Labute approximate surface area is 179 Å². The first-order valence-corrected chi connectivity index (χ1v) is 11.3. The lowest BCUT2D eigenvalue weighted by atomic mass is 9.96. The Balaban J connectivity index is 2.14. The predicted molar refractivity (Wildman–Crippen MR) is 130 cm³/mol. The minimum Gasteiger partial charge on any atom is -0.388 e. The van der Waals surface area contributed by atoms with Gasteiger partial charge in [-0.15, -0.1) is 11.3 Å². The van der Waals surface area contributed by atoms with E-state index in [2.05, 4.69) is 68.3 Å². The molecule has 0 spiro atoms. The van der Waals surface area contributed by atoms with Crippen LogP contribution in [0.5, 0.6) is 0 Å². The Hall–Kier alpha value is -1.71. The van der Waals surface area contributed by atoms with Gasteiger partial charge >= 0.3 is 0 Å². The molecule has 0 radical (unpaired) electrons. The van der Waals surface area contributed by atoms with Crippen LogP contribution in [-0.4, -0.2) is 20.1 Å². The first-order valence-electron chi connectivity index (χ1n) is 10.2. The van der Waals surface area contributed by atoms with Gasteiger partial charge in [0.05, 0.1) is 5.00 Å². The van der Waals surface area contributed by atoms with Crippen LogP contribution >= 0.6 is 22.9 Å². The molecule has 1 N–H and O–H groups in total. The maximum Gasteiger partial charge on any atom is 0.0914 e. The molecular weight excluding hydrogens is 384 g/mol. The second kappa shape index (κ2) is 11.3. The van der Waals surface area contributed by atoms with E-state index in [4.69, 9.17) is 11.6 Å². The quantitative estimate of drug-likeness (QED) is 0.422. The summed E-state index contributed by atoms with van der Waals surface area (Å²) in [7, 11) is 1.95.